The number of nitrogens with zero attached hydrogens (tertiary/aromatic N) is 2. The van der Waals surface area contributed by atoms with Crippen molar-refractivity contribution < 1.29 is 13.0 Å². The van der Waals surface area contributed by atoms with E-state index in [1.807, 2.05) is 18.2 Å². The summed E-state index contributed by atoms with van der Waals surface area (Å²) in [6, 6.07) is 25.8. The number of anilines is 1. The van der Waals surface area contributed by atoms with E-state index in [0.29, 0.717) is 22.6 Å². The van der Waals surface area contributed by atoms with E-state index in [0.717, 1.165) is 22.6 Å². The van der Waals surface area contributed by atoms with Crippen LogP contribution in [0.4, 0.5) is 11.4 Å². The Bertz CT molecular complexity index is 1850. The molecule has 1 aliphatic carbocycles. The number of fused-ring (bicyclic) bond motifs is 2. The Morgan fingerprint density at radius 1 is 0.762 bits per heavy atom. The lowest BCUT2D eigenvalue weighted by Crippen LogP contribution is -2.26. The summed E-state index contributed by atoms with van der Waals surface area (Å²) in [4.78, 5) is 2.99. The van der Waals surface area contributed by atoms with Crippen molar-refractivity contribution in [1.82, 2.24) is 0 Å². The molecule has 6 rings (SSSR count). The molecule has 3 aromatic rings. The second-order valence-electron chi connectivity index (χ2n) is 12.5. The van der Waals surface area contributed by atoms with Gasteiger partial charge in [0.1, 0.15) is 7.05 Å². The van der Waals surface area contributed by atoms with Crippen LogP contribution in [0.1, 0.15) is 51.7 Å². The normalized spacial score (nSPS) is 21.2. The molecule has 5 heteroatoms. The van der Waals surface area contributed by atoms with Crippen LogP contribution in [0.3, 0.4) is 0 Å². The summed E-state index contributed by atoms with van der Waals surface area (Å²) in [5.41, 5.74) is 8.59. The van der Waals surface area contributed by atoms with Crippen LogP contribution in [-0.2, 0) is 20.7 Å². The van der Waals surface area contributed by atoms with Gasteiger partial charge in [-0.2, -0.15) is 4.58 Å². The molecule has 0 atom stereocenters. The maximum Gasteiger partial charge on any atom is 0.209 e. The summed E-state index contributed by atoms with van der Waals surface area (Å²) in [6.07, 6.45) is 9.70. The minimum absolute atomic E-state index is 0.184. The standard InChI is InChI=1S/C37H39N2O2S/c1-36(2)29-16-10-12-18-31(29)38(5)33(36)24-22-26-20-21-27(35(26)42(40,41)28-14-8-7-9-15-28)23-25-34-37(3,4)30-17-11-13-19-32(30)39(34)6/h7-19,22-25H,20-21H2,1-6H3/q+1. The van der Waals surface area contributed by atoms with E-state index in [-0.39, 0.29) is 10.8 Å². The molecule has 214 valence electrons. The number of hydrogen-bond donors (Lipinski definition) is 0. The van der Waals surface area contributed by atoms with E-state index in [2.05, 4.69) is 112 Å². The quantitative estimate of drug-likeness (QED) is 0.289. The van der Waals surface area contributed by atoms with Gasteiger partial charge >= 0.3 is 0 Å². The van der Waals surface area contributed by atoms with Gasteiger partial charge in [-0.1, -0.05) is 80.6 Å². The minimum Gasteiger partial charge on any atom is -0.347 e. The third kappa shape index (κ3) is 4.33. The van der Waals surface area contributed by atoms with E-state index in [1.54, 1.807) is 24.3 Å². The molecule has 0 unspecified atom stereocenters. The molecule has 0 radical (unpaired) electrons. The fourth-order valence-corrected chi connectivity index (χ4v) is 8.83. The highest BCUT2D eigenvalue weighted by atomic mass is 32.2. The van der Waals surface area contributed by atoms with E-state index in [9.17, 15) is 8.42 Å². The topological polar surface area (TPSA) is 40.4 Å². The van der Waals surface area contributed by atoms with Gasteiger partial charge in [0.2, 0.25) is 15.5 Å². The highest BCUT2D eigenvalue weighted by Gasteiger charge is 2.43. The second kappa shape index (κ2) is 10.1. The molecule has 42 heavy (non-hydrogen) atoms. The second-order valence-corrected chi connectivity index (χ2v) is 14.4. The van der Waals surface area contributed by atoms with E-state index < -0.39 is 9.84 Å². The van der Waals surface area contributed by atoms with Gasteiger partial charge in [0.25, 0.3) is 0 Å². The molecule has 3 aromatic carbocycles. The maximum absolute atomic E-state index is 14.2. The van der Waals surface area contributed by atoms with Gasteiger partial charge in [-0.25, -0.2) is 8.42 Å². The number of hydrogen-bond acceptors (Lipinski definition) is 3. The van der Waals surface area contributed by atoms with E-state index in [1.165, 1.54) is 22.5 Å². The van der Waals surface area contributed by atoms with Crippen LogP contribution in [0.25, 0.3) is 0 Å². The molecule has 0 amide bonds. The lowest BCUT2D eigenvalue weighted by molar-refractivity contribution is -0.401. The number of allylic oxidation sites excluding steroid dienone is 7. The number of rotatable bonds is 5. The Balaban J connectivity index is 1.46. The molecular weight excluding hydrogens is 536 g/mol. The van der Waals surface area contributed by atoms with Gasteiger partial charge in [0.05, 0.1) is 15.2 Å². The highest BCUT2D eigenvalue weighted by molar-refractivity contribution is 7.95. The summed E-state index contributed by atoms with van der Waals surface area (Å²) in [5, 5.41) is 0. The van der Waals surface area contributed by atoms with Crippen LogP contribution in [0.2, 0.25) is 0 Å². The van der Waals surface area contributed by atoms with Crippen molar-refractivity contribution in [3.05, 3.63) is 136 Å². The molecule has 0 aromatic heterocycles. The molecule has 2 heterocycles. The third-order valence-corrected chi connectivity index (χ3v) is 11.3. The molecule has 3 aliphatic rings. The number of sulfone groups is 1. The van der Waals surface area contributed by atoms with Crippen LogP contribution in [0, 0.1) is 0 Å². The zero-order chi connectivity index (χ0) is 29.9. The monoisotopic (exact) mass is 575 g/mol. The molecular formula is C37H39N2O2S+. The zero-order valence-electron chi connectivity index (χ0n) is 25.3. The largest absolute Gasteiger partial charge is 0.347 e. The summed E-state index contributed by atoms with van der Waals surface area (Å²) in [5.74, 6) is 0. The van der Waals surface area contributed by atoms with Crippen molar-refractivity contribution in [2.45, 2.75) is 56.3 Å². The van der Waals surface area contributed by atoms with Crippen molar-refractivity contribution in [3.63, 3.8) is 0 Å². The summed E-state index contributed by atoms with van der Waals surface area (Å²) < 4.78 is 30.6. The van der Waals surface area contributed by atoms with Crippen molar-refractivity contribution in [2.75, 3.05) is 19.0 Å². The highest BCUT2D eigenvalue weighted by Crippen LogP contribution is 2.47. The Hall–Kier alpha value is -3.96. The van der Waals surface area contributed by atoms with Crippen molar-refractivity contribution in [3.8, 4) is 0 Å². The predicted octanol–water partition coefficient (Wildman–Crippen LogP) is 8.01. The molecule has 2 aliphatic heterocycles. The Kier molecular flexibility index (Phi) is 6.77. The number of likely N-dealkylation sites (N-methyl/N-ethyl adjacent to an activating group) is 1. The smallest absolute Gasteiger partial charge is 0.209 e. The third-order valence-electron chi connectivity index (χ3n) is 9.33. The summed E-state index contributed by atoms with van der Waals surface area (Å²) in [6.45, 7) is 8.92. The summed E-state index contributed by atoms with van der Waals surface area (Å²) in [7, 11) is 0.455. The average Bonchev–Trinajstić information content (AvgIpc) is 3.54. The Morgan fingerprint density at radius 2 is 1.40 bits per heavy atom. The van der Waals surface area contributed by atoms with E-state index in [4.69, 9.17) is 0 Å². The Morgan fingerprint density at radius 3 is 2.10 bits per heavy atom. The SMILES string of the molecule is CN1C(=CC=C2CCC(C=CC3=[N+](C)c4ccccc4C3(C)C)=C2S(=O)(=O)c2ccccc2)C(C)(C)c2ccccc21. The van der Waals surface area contributed by atoms with Crippen LogP contribution >= 0.6 is 0 Å². The van der Waals surface area contributed by atoms with Gasteiger partial charge in [-0.05, 0) is 67.7 Å². The first kappa shape index (κ1) is 28.2. The molecule has 0 bridgehead atoms. The first-order valence-electron chi connectivity index (χ1n) is 14.6. The van der Waals surface area contributed by atoms with Gasteiger partial charge in [-0.3, -0.25) is 0 Å². The minimum atomic E-state index is -3.73. The molecule has 0 fully saturated rings. The van der Waals surface area contributed by atoms with Crippen LogP contribution in [0.15, 0.2) is 130 Å². The maximum atomic E-state index is 14.2. The lowest BCUT2D eigenvalue weighted by Gasteiger charge is -2.24. The van der Waals surface area contributed by atoms with Gasteiger partial charge in [-0.15, -0.1) is 0 Å². The van der Waals surface area contributed by atoms with Gasteiger partial charge < -0.3 is 4.90 Å². The first-order valence-corrected chi connectivity index (χ1v) is 16.1. The molecule has 0 spiro atoms. The molecule has 0 N–H and O–H groups in total. The average molecular weight is 576 g/mol. The van der Waals surface area contributed by atoms with Crippen LogP contribution in [-0.4, -0.2) is 32.8 Å². The first-order chi connectivity index (χ1) is 20.0. The fourth-order valence-electron chi connectivity index (χ4n) is 7.05. The van der Waals surface area contributed by atoms with Gasteiger partial charge in [0.15, 0.2) is 5.71 Å². The van der Waals surface area contributed by atoms with Crippen molar-refractivity contribution in [1.29, 1.82) is 0 Å². The molecule has 0 saturated heterocycles. The number of benzene rings is 3. The van der Waals surface area contributed by atoms with Crippen LogP contribution in [0.5, 0.6) is 0 Å². The lowest BCUT2D eigenvalue weighted by atomic mass is 9.81. The van der Waals surface area contributed by atoms with E-state index >= 15 is 0 Å². The van der Waals surface area contributed by atoms with Gasteiger partial charge in [0, 0.05) is 41.6 Å². The summed E-state index contributed by atoms with van der Waals surface area (Å²) >= 11 is 0. The van der Waals surface area contributed by atoms with Crippen molar-refractivity contribution in [2.24, 2.45) is 0 Å². The molecule has 0 saturated carbocycles. The van der Waals surface area contributed by atoms with Crippen LogP contribution < -0.4 is 4.90 Å². The fraction of sp³-hybridized carbons (Fsp3) is 0.270. The molecule has 4 nitrogen and oxygen atoms in total. The van der Waals surface area contributed by atoms with Crippen molar-refractivity contribution >= 4 is 26.9 Å². The predicted molar refractivity (Wildman–Crippen MR) is 173 cm³/mol. The number of para-hydroxylation sites is 2. The Labute approximate surface area is 250 Å². The zero-order valence-corrected chi connectivity index (χ0v) is 26.2.